The fourth-order valence-electron chi connectivity index (χ4n) is 1.30. The molecule has 2 N–H and O–H groups in total. The molecule has 5 nitrogen and oxygen atoms in total. The second-order valence-electron chi connectivity index (χ2n) is 3.22. The topological polar surface area (TPSA) is 60.0 Å². The number of likely N-dealkylation sites (N-methyl/N-ethyl adjacent to an activating group) is 1. The average Bonchev–Trinajstić information content (AvgIpc) is 2.68. The number of nitrogens with two attached hydrogens (primary N) is 1. The maximum Gasteiger partial charge on any atom is 0.208 e. The molecule has 0 aromatic carbocycles. The molecule has 0 unspecified atom stereocenters. The van der Waals surface area contributed by atoms with Crippen LogP contribution in [-0.4, -0.2) is 44.3 Å². The Morgan fingerprint density at radius 3 is 2.67 bits per heavy atom. The van der Waals surface area contributed by atoms with Crippen molar-refractivity contribution < 1.29 is 0 Å². The molecule has 84 valence electrons. The van der Waals surface area contributed by atoms with Gasteiger partial charge in [-0.2, -0.15) is 0 Å². The van der Waals surface area contributed by atoms with Crippen molar-refractivity contribution in [2.75, 3.05) is 19.6 Å². The maximum absolute atomic E-state index is 5.42. The summed E-state index contributed by atoms with van der Waals surface area (Å²) in [6.45, 7) is 8.17. The molecule has 15 heavy (non-hydrogen) atoms. The molecule has 0 spiro atoms. The molecule has 0 saturated carbocycles. The summed E-state index contributed by atoms with van der Waals surface area (Å²) in [4.78, 5) is 6.58. The van der Waals surface area contributed by atoms with Crippen LogP contribution in [0.25, 0.3) is 0 Å². The Bertz CT molecular complexity index is 318. The van der Waals surface area contributed by atoms with Crippen LogP contribution in [0.4, 0.5) is 0 Å². The van der Waals surface area contributed by atoms with Crippen molar-refractivity contribution in [3.05, 3.63) is 12.2 Å². The highest BCUT2D eigenvalue weighted by atomic mass is 32.1. The largest absolute Gasteiger partial charge is 0.387 e. The van der Waals surface area contributed by atoms with Gasteiger partial charge in [-0.3, -0.25) is 4.68 Å². The quantitative estimate of drug-likeness (QED) is 0.706. The van der Waals surface area contributed by atoms with E-state index in [0.717, 1.165) is 26.2 Å². The number of nitrogens with zero attached hydrogens (tertiary/aromatic N) is 4. The van der Waals surface area contributed by atoms with Gasteiger partial charge in [0.05, 0.1) is 6.54 Å². The normalized spacial score (nSPS) is 10.9. The highest BCUT2D eigenvalue weighted by Crippen LogP contribution is 1.92. The minimum Gasteiger partial charge on any atom is -0.387 e. The third-order valence-corrected chi connectivity index (χ3v) is 2.48. The lowest BCUT2D eigenvalue weighted by Gasteiger charge is -2.17. The minimum atomic E-state index is 0.247. The Morgan fingerprint density at radius 1 is 1.53 bits per heavy atom. The van der Waals surface area contributed by atoms with E-state index in [4.69, 9.17) is 18.0 Å². The Labute approximate surface area is 95.3 Å². The van der Waals surface area contributed by atoms with Crippen LogP contribution in [0.1, 0.15) is 19.7 Å². The van der Waals surface area contributed by atoms with E-state index in [9.17, 15) is 0 Å². The van der Waals surface area contributed by atoms with Crippen molar-refractivity contribution >= 4 is 17.2 Å². The summed E-state index contributed by atoms with van der Waals surface area (Å²) in [5.41, 5.74) is 5.42. The SMILES string of the molecule is CCN(CC)CCn1cnc(C(N)=S)n1. The lowest BCUT2D eigenvalue weighted by Crippen LogP contribution is -2.27. The molecule has 0 aliphatic carbocycles. The van der Waals surface area contributed by atoms with E-state index in [-0.39, 0.29) is 4.99 Å². The molecule has 1 rings (SSSR count). The van der Waals surface area contributed by atoms with Crippen LogP contribution in [0.5, 0.6) is 0 Å². The first-order chi connectivity index (χ1) is 7.17. The zero-order valence-corrected chi connectivity index (χ0v) is 10.00. The lowest BCUT2D eigenvalue weighted by molar-refractivity contribution is 0.285. The van der Waals surface area contributed by atoms with Gasteiger partial charge in [-0.25, -0.2) is 4.98 Å². The van der Waals surface area contributed by atoms with Crippen molar-refractivity contribution in [3.63, 3.8) is 0 Å². The highest BCUT2D eigenvalue weighted by molar-refractivity contribution is 7.80. The standard InChI is InChI=1S/C9H17N5S/c1-3-13(4-2)5-6-14-7-11-9(12-14)8(10)15/h7H,3-6H2,1-2H3,(H2,10,15). The third kappa shape index (κ3) is 3.56. The van der Waals surface area contributed by atoms with Crippen molar-refractivity contribution in [2.24, 2.45) is 5.73 Å². The molecule has 0 aliphatic heterocycles. The molecule has 0 aliphatic rings. The molecule has 0 atom stereocenters. The molecule has 1 aromatic rings. The number of rotatable bonds is 6. The van der Waals surface area contributed by atoms with E-state index in [1.807, 2.05) is 0 Å². The maximum atomic E-state index is 5.42. The molecule has 0 bridgehead atoms. The van der Waals surface area contributed by atoms with Crippen molar-refractivity contribution in [1.29, 1.82) is 0 Å². The van der Waals surface area contributed by atoms with E-state index in [2.05, 4.69) is 28.8 Å². The van der Waals surface area contributed by atoms with E-state index in [1.165, 1.54) is 0 Å². The lowest BCUT2D eigenvalue weighted by atomic mass is 10.5. The van der Waals surface area contributed by atoms with Gasteiger partial charge in [0.25, 0.3) is 0 Å². The van der Waals surface area contributed by atoms with Crippen LogP contribution in [0.3, 0.4) is 0 Å². The molecule has 0 radical (unpaired) electrons. The number of hydrogen-bond acceptors (Lipinski definition) is 4. The van der Waals surface area contributed by atoms with Gasteiger partial charge in [-0.05, 0) is 13.1 Å². The monoisotopic (exact) mass is 227 g/mol. The first-order valence-corrected chi connectivity index (χ1v) is 5.49. The van der Waals surface area contributed by atoms with Crippen LogP contribution in [0, 0.1) is 0 Å². The van der Waals surface area contributed by atoms with Gasteiger partial charge in [-0.15, -0.1) is 5.10 Å². The number of aromatic nitrogens is 3. The average molecular weight is 227 g/mol. The molecule has 0 fully saturated rings. The van der Waals surface area contributed by atoms with Gasteiger partial charge in [0.15, 0.2) is 0 Å². The van der Waals surface area contributed by atoms with Crippen LogP contribution < -0.4 is 5.73 Å². The summed E-state index contributed by atoms with van der Waals surface area (Å²) >= 11 is 4.79. The van der Waals surface area contributed by atoms with E-state index >= 15 is 0 Å². The molecule has 6 heteroatoms. The molecule has 0 saturated heterocycles. The summed E-state index contributed by atoms with van der Waals surface area (Å²) in [5, 5.41) is 4.16. The van der Waals surface area contributed by atoms with Gasteiger partial charge in [-0.1, -0.05) is 26.1 Å². The third-order valence-electron chi connectivity index (χ3n) is 2.30. The van der Waals surface area contributed by atoms with Gasteiger partial charge >= 0.3 is 0 Å². The molecular weight excluding hydrogens is 210 g/mol. The van der Waals surface area contributed by atoms with Gasteiger partial charge in [0.1, 0.15) is 11.3 Å². The second kappa shape index (κ2) is 5.77. The second-order valence-corrected chi connectivity index (χ2v) is 3.66. The van der Waals surface area contributed by atoms with Crippen molar-refractivity contribution in [1.82, 2.24) is 19.7 Å². The smallest absolute Gasteiger partial charge is 0.208 e. The fraction of sp³-hybridized carbons (Fsp3) is 0.667. The highest BCUT2D eigenvalue weighted by Gasteiger charge is 2.04. The predicted octanol–water partition coefficient (Wildman–Crippen LogP) is 0.254. The van der Waals surface area contributed by atoms with E-state index in [1.54, 1.807) is 11.0 Å². The minimum absolute atomic E-state index is 0.247. The Kier molecular flexibility index (Phi) is 4.64. The molecule has 0 amide bonds. The van der Waals surface area contributed by atoms with Gasteiger partial charge in [0, 0.05) is 6.54 Å². The van der Waals surface area contributed by atoms with Crippen LogP contribution in [0.15, 0.2) is 6.33 Å². The Hall–Kier alpha value is -1.01. The zero-order chi connectivity index (χ0) is 11.3. The van der Waals surface area contributed by atoms with Gasteiger partial charge < -0.3 is 10.6 Å². The molecular formula is C9H17N5S. The zero-order valence-electron chi connectivity index (χ0n) is 9.18. The molecule has 1 heterocycles. The number of thiocarbonyl (C=S) groups is 1. The first-order valence-electron chi connectivity index (χ1n) is 5.09. The summed E-state index contributed by atoms with van der Waals surface area (Å²) in [6.07, 6.45) is 1.66. The van der Waals surface area contributed by atoms with E-state index < -0.39 is 0 Å². The Morgan fingerprint density at radius 2 is 2.20 bits per heavy atom. The van der Waals surface area contributed by atoms with Crippen LogP contribution in [0.2, 0.25) is 0 Å². The summed E-state index contributed by atoms with van der Waals surface area (Å²) in [6, 6.07) is 0. The van der Waals surface area contributed by atoms with E-state index in [0.29, 0.717) is 5.82 Å². The summed E-state index contributed by atoms with van der Waals surface area (Å²) < 4.78 is 1.77. The van der Waals surface area contributed by atoms with Crippen molar-refractivity contribution in [3.8, 4) is 0 Å². The summed E-state index contributed by atoms with van der Waals surface area (Å²) in [5.74, 6) is 0.449. The van der Waals surface area contributed by atoms with Crippen LogP contribution >= 0.6 is 12.2 Å². The van der Waals surface area contributed by atoms with Crippen LogP contribution in [-0.2, 0) is 6.54 Å². The Balaban J connectivity index is 2.47. The van der Waals surface area contributed by atoms with Gasteiger partial charge in [0.2, 0.25) is 5.82 Å². The number of hydrogen-bond donors (Lipinski definition) is 1. The first kappa shape index (κ1) is 12.1. The summed E-state index contributed by atoms with van der Waals surface area (Å²) in [7, 11) is 0. The fourth-order valence-corrected chi connectivity index (χ4v) is 1.39. The van der Waals surface area contributed by atoms with Crippen molar-refractivity contribution in [2.45, 2.75) is 20.4 Å². The molecule has 1 aromatic heterocycles. The predicted molar refractivity (Wildman–Crippen MR) is 63.7 cm³/mol.